The van der Waals surface area contributed by atoms with Crippen molar-refractivity contribution in [2.45, 2.75) is 32.2 Å². The van der Waals surface area contributed by atoms with Gasteiger partial charge in [0.05, 0.1) is 6.33 Å². The van der Waals surface area contributed by atoms with Crippen LogP contribution in [0.1, 0.15) is 26.7 Å². The van der Waals surface area contributed by atoms with E-state index in [1.807, 2.05) is 0 Å². The third kappa shape index (κ3) is 2.38. The first-order valence-corrected chi connectivity index (χ1v) is 5.31. The van der Waals surface area contributed by atoms with Crippen LogP contribution in [0.25, 0.3) is 0 Å². The summed E-state index contributed by atoms with van der Waals surface area (Å²) in [5, 5.41) is 12.0. The molecule has 17 heavy (non-hydrogen) atoms. The van der Waals surface area contributed by atoms with Gasteiger partial charge in [0.15, 0.2) is 5.82 Å². The van der Waals surface area contributed by atoms with Gasteiger partial charge < -0.3 is 21.1 Å². The van der Waals surface area contributed by atoms with E-state index in [-0.39, 0.29) is 11.5 Å². The second-order valence-electron chi connectivity index (χ2n) is 3.71. The summed E-state index contributed by atoms with van der Waals surface area (Å²) in [6, 6.07) is 0. The van der Waals surface area contributed by atoms with E-state index in [1.54, 1.807) is 13.8 Å². The number of aromatic nitrogens is 2. The van der Waals surface area contributed by atoms with E-state index in [9.17, 15) is 14.7 Å². The van der Waals surface area contributed by atoms with Crippen LogP contribution in [0.5, 0.6) is 0 Å². The lowest BCUT2D eigenvalue weighted by atomic mass is 9.93. The first kappa shape index (κ1) is 13.0. The van der Waals surface area contributed by atoms with Crippen LogP contribution in [-0.2, 0) is 4.79 Å². The molecule has 0 aliphatic carbocycles. The van der Waals surface area contributed by atoms with Crippen molar-refractivity contribution in [3.63, 3.8) is 0 Å². The number of hydrogen-bond donors (Lipinski definition) is 4. The summed E-state index contributed by atoms with van der Waals surface area (Å²) in [6.45, 7) is 3.49. The number of aromatic amines is 1. The highest BCUT2D eigenvalue weighted by atomic mass is 16.4. The van der Waals surface area contributed by atoms with Crippen LogP contribution >= 0.6 is 0 Å². The van der Waals surface area contributed by atoms with Gasteiger partial charge in [-0.05, 0) is 12.8 Å². The van der Waals surface area contributed by atoms with Crippen molar-refractivity contribution in [1.29, 1.82) is 0 Å². The predicted molar refractivity (Wildman–Crippen MR) is 63.8 cm³/mol. The third-order valence-corrected chi connectivity index (χ3v) is 2.86. The molecule has 0 saturated carbocycles. The molecule has 0 saturated heterocycles. The Morgan fingerprint density at radius 1 is 1.59 bits per heavy atom. The molecule has 1 rings (SSSR count). The van der Waals surface area contributed by atoms with Crippen LogP contribution in [0.15, 0.2) is 11.1 Å². The van der Waals surface area contributed by atoms with Crippen LogP contribution in [0.4, 0.5) is 11.5 Å². The Kier molecular flexibility index (Phi) is 3.72. The SMILES string of the molecule is CCC(CC)(Nc1nc[nH]c(=O)c1N)C(=O)O. The molecular weight excluding hydrogens is 224 g/mol. The van der Waals surface area contributed by atoms with E-state index in [1.165, 1.54) is 6.33 Å². The maximum atomic E-state index is 11.3. The number of nitrogens with zero attached hydrogens (tertiary/aromatic N) is 1. The molecule has 0 bridgehead atoms. The van der Waals surface area contributed by atoms with E-state index in [2.05, 4.69) is 15.3 Å². The zero-order chi connectivity index (χ0) is 13.1. The van der Waals surface area contributed by atoms with E-state index >= 15 is 0 Å². The van der Waals surface area contributed by atoms with E-state index in [4.69, 9.17) is 5.73 Å². The molecule has 94 valence electrons. The quantitative estimate of drug-likeness (QED) is 0.591. The summed E-state index contributed by atoms with van der Waals surface area (Å²) in [7, 11) is 0. The molecule has 7 heteroatoms. The van der Waals surface area contributed by atoms with Crippen LogP contribution in [0.2, 0.25) is 0 Å². The summed E-state index contributed by atoms with van der Waals surface area (Å²) in [5.74, 6) is -0.899. The normalized spacial score (nSPS) is 11.2. The molecule has 1 aromatic heterocycles. The minimum absolute atomic E-state index is 0.0971. The molecule has 0 aliphatic heterocycles. The maximum absolute atomic E-state index is 11.3. The standard InChI is InChI=1S/C10H16N4O3/c1-3-10(4-2,9(16)17)14-7-6(11)8(15)13-5-12-7/h5H,3-4,11H2,1-2H3,(H,16,17)(H2,12,13,14,15). The third-order valence-electron chi connectivity index (χ3n) is 2.86. The molecule has 0 aliphatic rings. The van der Waals surface area contributed by atoms with Crippen LogP contribution in [0, 0.1) is 0 Å². The molecule has 1 aromatic rings. The van der Waals surface area contributed by atoms with Crippen LogP contribution in [0.3, 0.4) is 0 Å². The second kappa shape index (κ2) is 4.86. The zero-order valence-corrected chi connectivity index (χ0v) is 9.78. The number of carbonyl (C=O) groups is 1. The highest BCUT2D eigenvalue weighted by Crippen LogP contribution is 2.23. The molecule has 7 nitrogen and oxygen atoms in total. The Hall–Kier alpha value is -2.05. The van der Waals surface area contributed by atoms with Gasteiger partial charge >= 0.3 is 5.97 Å². The van der Waals surface area contributed by atoms with Crippen molar-refractivity contribution in [3.8, 4) is 0 Å². The van der Waals surface area contributed by atoms with E-state index < -0.39 is 17.1 Å². The molecule has 5 N–H and O–H groups in total. The minimum atomic E-state index is -1.16. The average molecular weight is 240 g/mol. The summed E-state index contributed by atoms with van der Waals surface area (Å²) < 4.78 is 0. The fourth-order valence-corrected chi connectivity index (χ4v) is 1.52. The molecule has 0 unspecified atom stereocenters. The van der Waals surface area contributed by atoms with Crippen molar-refractivity contribution in [2.24, 2.45) is 0 Å². The van der Waals surface area contributed by atoms with Gasteiger partial charge in [-0.1, -0.05) is 13.8 Å². The lowest BCUT2D eigenvalue weighted by Gasteiger charge is -2.28. The van der Waals surface area contributed by atoms with Crippen molar-refractivity contribution >= 4 is 17.5 Å². The fourth-order valence-electron chi connectivity index (χ4n) is 1.52. The second-order valence-corrected chi connectivity index (χ2v) is 3.71. The van der Waals surface area contributed by atoms with Gasteiger partial charge in [-0.3, -0.25) is 4.79 Å². The van der Waals surface area contributed by atoms with Gasteiger partial charge in [0.25, 0.3) is 5.56 Å². The number of nitrogens with one attached hydrogen (secondary N) is 2. The molecule has 0 aromatic carbocycles. The molecule has 1 heterocycles. The number of nitrogens with two attached hydrogens (primary N) is 1. The summed E-state index contributed by atoms with van der Waals surface area (Å²) >= 11 is 0. The maximum Gasteiger partial charge on any atom is 0.329 e. The molecule has 0 radical (unpaired) electrons. The van der Waals surface area contributed by atoms with Crippen LogP contribution in [-0.4, -0.2) is 26.6 Å². The van der Waals surface area contributed by atoms with Crippen molar-refractivity contribution < 1.29 is 9.90 Å². The Balaban J connectivity index is 3.15. The minimum Gasteiger partial charge on any atom is -0.480 e. The average Bonchev–Trinajstić information content (AvgIpc) is 2.31. The Morgan fingerprint density at radius 2 is 2.18 bits per heavy atom. The molecule has 0 amide bonds. The number of carboxylic acid groups (broad SMARTS) is 1. The lowest BCUT2D eigenvalue weighted by Crippen LogP contribution is -2.46. The first-order valence-electron chi connectivity index (χ1n) is 5.31. The van der Waals surface area contributed by atoms with Crippen molar-refractivity contribution in [2.75, 3.05) is 11.1 Å². The van der Waals surface area contributed by atoms with E-state index in [0.717, 1.165) is 0 Å². The summed E-state index contributed by atoms with van der Waals surface area (Å²) in [5.41, 5.74) is 3.78. The van der Waals surface area contributed by atoms with Crippen LogP contribution < -0.4 is 16.6 Å². The molecular formula is C10H16N4O3. The zero-order valence-electron chi connectivity index (χ0n) is 9.78. The smallest absolute Gasteiger partial charge is 0.329 e. The largest absolute Gasteiger partial charge is 0.480 e. The van der Waals surface area contributed by atoms with Gasteiger partial charge in [0.1, 0.15) is 11.2 Å². The Labute approximate surface area is 98.1 Å². The monoisotopic (exact) mass is 240 g/mol. The molecule has 0 atom stereocenters. The first-order chi connectivity index (χ1) is 7.96. The van der Waals surface area contributed by atoms with Gasteiger partial charge in [0, 0.05) is 0 Å². The number of hydrogen-bond acceptors (Lipinski definition) is 5. The number of nitrogen functional groups attached to an aromatic ring is 1. The van der Waals surface area contributed by atoms with Crippen molar-refractivity contribution in [1.82, 2.24) is 9.97 Å². The number of carboxylic acids is 1. The highest BCUT2D eigenvalue weighted by Gasteiger charge is 2.35. The Bertz CT molecular complexity index is 465. The number of rotatable bonds is 5. The summed E-state index contributed by atoms with van der Waals surface area (Å²) in [4.78, 5) is 28.7. The topological polar surface area (TPSA) is 121 Å². The van der Waals surface area contributed by atoms with Crippen molar-refractivity contribution in [3.05, 3.63) is 16.7 Å². The van der Waals surface area contributed by atoms with Gasteiger partial charge in [-0.15, -0.1) is 0 Å². The number of anilines is 2. The highest BCUT2D eigenvalue weighted by molar-refractivity contribution is 5.83. The molecule has 0 fully saturated rings. The predicted octanol–water partition coefficient (Wildman–Crippen LogP) is 0.407. The summed E-state index contributed by atoms with van der Waals surface area (Å²) in [6.07, 6.45) is 1.89. The number of aliphatic carboxylic acids is 1. The van der Waals surface area contributed by atoms with E-state index in [0.29, 0.717) is 12.8 Å². The van der Waals surface area contributed by atoms with Gasteiger partial charge in [-0.2, -0.15) is 0 Å². The lowest BCUT2D eigenvalue weighted by molar-refractivity contribution is -0.142. The fraction of sp³-hybridized carbons (Fsp3) is 0.500. The number of H-pyrrole nitrogens is 1. The van der Waals surface area contributed by atoms with Gasteiger partial charge in [0.2, 0.25) is 0 Å². The Morgan fingerprint density at radius 3 is 2.65 bits per heavy atom. The molecule has 0 spiro atoms. The van der Waals surface area contributed by atoms with Gasteiger partial charge in [-0.25, -0.2) is 9.78 Å².